The maximum Gasteiger partial charge on any atom is 0.168 e. The van der Waals surface area contributed by atoms with Crippen molar-refractivity contribution in [2.75, 3.05) is 13.2 Å². The molecule has 0 radical (unpaired) electrons. The summed E-state index contributed by atoms with van der Waals surface area (Å²) in [6.45, 7) is 1.33. The number of hydrogen-bond donors (Lipinski definition) is 1. The Morgan fingerprint density at radius 3 is 2.52 bits per heavy atom. The highest BCUT2D eigenvalue weighted by Crippen LogP contribution is 2.46. The van der Waals surface area contributed by atoms with E-state index in [0.717, 1.165) is 29.2 Å². The molecule has 1 aromatic carbocycles. The van der Waals surface area contributed by atoms with Gasteiger partial charge in [0.1, 0.15) is 0 Å². The minimum absolute atomic E-state index is 0.446. The minimum Gasteiger partial charge on any atom is -0.385 e. The molecule has 1 aliphatic heterocycles. The van der Waals surface area contributed by atoms with Gasteiger partial charge >= 0.3 is 0 Å². The van der Waals surface area contributed by atoms with E-state index in [0.29, 0.717) is 26.1 Å². The second kappa shape index (κ2) is 4.77. The molecule has 0 unspecified atom stereocenters. The number of pyridine rings is 1. The van der Waals surface area contributed by atoms with Gasteiger partial charge in [0.05, 0.1) is 18.8 Å². The average Bonchev–Trinajstić information content (AvgIpc) is 2.99. The van der Waals surface area contributed by atoms with E-state index < -0.39 is 11.4 Å². The van der Waals surface area contributed by atoms with Crippen LogP contribution in [0.4, 0.5) is 0 Å². The molecule has 1 saturated heterocycles. The summed E-state index contributed by atoms with van der Waals surface area (Å²) in [7, 11) is 0. The summed E-state index contributed by atoms with van der Waals surface area (Å²) >= 11 is 0. The summed E-state index contributed by atoms with van der Waals surface area (Å²) in [4.78, 5) is 4.16. The molecule has 4 heteroatoms. The van der Waals surface area contributed by atoms with Gasteiger partial charge in [-0.15, -0.1) is 0 Å². The number of benzene rings is 1. The van der Waals surface area contributed by atoms with Crippen LogP contribution in [0, 0.1) is 0 Å². The smallest absolute Gasteiger partial charge is 0.168 e. The zero-order valence-corrected chi connectivity index (χ0v) is 11.9. The average molecular weight is 285 g/mol. The molecule has 4 nitrogen and oxygen atoms in total. The van der Waals surface area contributed by atoms with Gasteiger partial charge in [0.25, 0.3) is 0 Å². The molecule has 1 aliphatic carbocycles. The van der Waals surface area contributed by atoms with Gasteiger partial charge in [0.2, 0.25) is 0 Å². The van der Waals surface area contributed by atoms with Gasteiger partial charge in [-0.1, -0.05) is 18.2 Å². The number of rotatable bonds is 1. The SMILES string of the molecule is OC1(c2cccc3cnccc23)CCC2(CC1)OCCO2. The quantitative estimate of drug-likeness (QED) is 0.875. The Kier molecular flexibility index (Phi) is 2.99. The standard InChI is InChI=1S/C17H19NO3/c19-16(5-7-17(8-6-16)20-10-11-21-17)15-3-1-2-13-12-18-9-4-14(13)15/h1-4,9,12,19H,5-8,10-11H2. The highest BCUT2D eigenvalue weighted by atomic mass is 16.7. The molecule has 0 amide bonds. The summed E-state index contributed by atoms with van der Waals surface area (Å²) in [5.41, 5.74) is 0.191. The van der Waals surface area contributed by atoms with E-state index in [1.165, 1.54) is 0 Å². The van der Waals surface area contributed by atoms with E-state index in [4.69, 9.17) is 9.47 Å². The van der Waals surface area contributed by atoms with E-state index in [9.17, 15) is 5.11 Å². The first-order chi connectivity index (χ1) is 10.2. The predicted octanol–water partition coefficient (Wildman–Crippen LogP) is 2.74. The summed E-state index contributed by atoms with van der Waals surface area (Å²) in [6.07, 6.45) is 6.43. The van der Waals surface area contributed by atoms with Gasteiger partial charge in [-0.05, 0) is 29.9 Å². The number of fused-ring (bicyclic) bond motifs is 1. The van der Waals surface area contributed by atoms with Gasteiger partial charge in [0.15, 0.2) is 5.79 Å². The Labute approximate surface area is 123 Å². The molecule has 0 bridgehead atoms. The van der Waals surface area contributed by atoms with E-state index in [1.807, 2.05) is 30.5 Å². The predicted molar refractivity (Wildman–Crippen MR) is 78.7 cm³/mol. The maximum absolute atomic E-state index is 11.2. The molecule has 1 saturated carbocycles. The van der Waals surface area contributed by atoms with Crippen molar-refractivity contribution in [3.05, 3.63) is 42.2 Å². The van der Waals surface area contributed by atoms with Crippen molar-refractivity contribution in [2.24, 2.45) is 0 Å². The monoisotopic (exact) mass is 285 g/mol. The number of aliphatic hydroxyl groups is 1. The molecule has 2 fully saturated rings. The van der Waals surface area contributed by atoms with Crippen molar-refractivity contribution in [3.8, 4) is 0 Å². The molecule has 21 heavy (non-hydrogen) atoms. The fraction of sp³-hybridized carbons (Fsp3) is 0.471. The van der Waals surface area contributed by atoms with Crippen molar-refractivity contribution in [3.63, 3.8) is 0 Å². The van der Waals surface area contributed by atoms with Gasteiger partial charge < -0.3 is 14.6 Å². The summed E-state index contributed by atoms with van der Waals surface area (Å²) in [6, 6.07) is 8.03. The van der Waals surface area contributed by atoms with Crippen LogP contribution in [-0.4, -0.2) is 29.1 Å². The van der Waals surface area contributed by atoms with Crippen LogP contribution in [0.3, 0.4) is 0 Å². The first kappa shape index (κ1) is 13.2. The van der Waals surface area contributed by atoms with Crippen LogP contribution in [0.2, 0.25) is 0 Å². The highest BCUT2D eigenvalue weighted by Gasteiger charge is 2.46. The molecule has 1 spiro atoms. The molecule has 110 valence electrons. The topological polar surface area (TPSA) is 51.6 Å². The van der Waals surface area contributed by atoms with Crippen LogP contribution >= 0.6 is 0 Å². The van der Waals surface area contributed by atoms with Crippen LogP contribution in [0.1, 0.15) is 31.2 Å². The summed E-state index contributed by atoms with van der Waals surface area (Å²) in [5.74, 6) is -0.446. The van der Waals surface area contributed by atoms with E-state index in [2.05, 4.69) is 4.98 Å². The zero-order valence-electron chi connectivity index (χ0n) is 11.9. The Morgan fingerprint density at radius 2 is 1.76 bits per heavy atom. The van der Waals surface area contributed by atoms with Crippen LogP contribution in [0.25, 0.3) is 10.8 Å². The first-order valence-electron chi connectivity index (χ1n) is 7.54. The Morgan fingerprint density at radius 1 is 1.00 bits per heavy atom. The minimum atomic E-state index is -0.804. The Bertz CT molecular complexity index is 649. The largest absolute Gasteiger partial charge is 0.385 e. The van der Waals surface area contributed by atoms with E-state index in [-0.39, 0.29) is 0 Å². The molecule has 4 rings (SSSR count). The molecule has 1 N–H and O–H groups in total. The summed E-state index contributed by atoms with van der Waals surface area (Å²) in [5, 5.41) is 13.3. The lowest BCUT2D eigenvalue weighted by molar-refractivity contribution is -0.204. The fourth-order valence-corrected chi connectivity index (χ4v) is 3.63. The third-order valence-electron chi connectivity index (χ3n) is 4.83. The van der Waals surface area contributed by atoms with Gasteiger partial charge in [-0.2, -0.15) is 0 Å². The Hall–Kier alpha value is -1.49. The van der Waals surface area contributed by atoms with Gasteiger partial charge in [-0.25, -0.2) is 0 Å². The van der Waals surface area contributed by atoms with Crippen molar-refractivity contribution in [1.82, 2.24) is 4.98 Å². The molecule has 2 aliphatic rings. The van der Waals surface area contributed by atoms with Gasteiger partial charge in [0, 0.05) is 30.6 Å². The van der Waals surface area contributed by atoms with Crippen molar-refractivity contribution >= 4 is 10.8 Å². The maximum atomic E-state index is 11.2. The van der Waals surface area contributed by atoms with Crippen molar-refractivity contribution in [2.45, 2.75) is 37.1 Å². The lowest BCUT2D eigenvalue weighted by atomic mass is 9.76. The molecular weight excluding hydrogens is 266 g/mol. The van der Waals surface area contributed by atoms with Crippen LogP contribution in [0.15, 0.2) is 36.7 Å². The molecule has 2 heterocycles. The third kappa shape index (κ3) is 2.14. The highest BCUT2D eigenvalue weighted by molar-refractivity contribution is 5.85. The number of nitrogens with zero attached hydrogens (tertiary/aromatic N) is 1. The van der Waals surface area contributed by atoms with Crippen molar-refractivity contribution < 1.29 is 14.6 Å². The van der Waals surface area contributed by atoms with Crippen LogP contribution < -0.4 is 0 Å². The normalized spacial score (nSPS) is 23.7. The number of ether oxygens (including phenoxy) is 2. The Balaban J connectivity index is 1.69. The molecule has 1 aromatic heterocycles. The first-order valence-corrected chi connectivity index (χ1v) is 7.54. The third-order valence-corrected chi connectivity index (χ3v) is 4.83. The number of hydrogen-bond acceptors (Lipinski definition) is 4. The lowest BCUT2D eigenvalue weighted by Crippen LogP contribution is -2.42. The van der Waals surface area contributed by atoms with Crippen LogP contribution in [0.5, 0.6) is 0 Å². The molecular formula is C17H19NO3. The summed E-state index contributed by atoms with van der Waals surface area (Å²) < 4.78 is 11.5. The second-order valence-corrected chi connectivity index (χ2v) is 6.04. The molecule has 2 aromatic rings. The fourth-order valence-electron chi connectivity index (χ4n) is 3.63. The number of aromatic nitrogens is 1. The molecule has 0 atom stereocenters. The van der Waals surface area contributed by atoms with Gasteiger partial charge in [-0.3, -0.25) is 4.98 Å². The zero-order chi connectivity index (χ0) is 14.3. The van der Waals surface area contributed by atoms with Crippen molar-refractivity contribution in [1.29, 1.82) is 0 Å². The second-order valence-electron chi connectivity index (χ2n) is 6.04. The lowest BCUT2D eigenvalue weighted by Gasteiger charge is -2.41. The van der Waals surface area contributed by atoms with E-state index >= 15 is 0 Å². The van der Waals surface area contributed by atoms with E-state index in [1.54, 1.807) is 6.20 Å². The van der Waals surface area contributed by atoms with Crippen LogP contribution in [-0.2, 0) is 15.1 Å².